The number of hydrogen-bond donors (Lipinski definition) is 0. The van der Waals surface area contributed by atoms with Crippen LogP contribution in [0.1, 0.15) is 99.3 Å². The lowest BCUT2D eigenvalue weighted by Crippen LogP contribution is -2.41. The van der Waals surface area contributed by atoms with Crippen molar-refractivity contribution in [3.63, 3.8) is 0 Å². The van der Waals surface area contributed by atoms with E-state index in [-0.39, 0.29) is 24.1 Å². The normalized spacial score (nSPS) is 29.6. The average molecular weight is 446 g/mol. The molecule has 5 nitrogen and oxygen atoms in total. The van der Waals surface area contributed by atoms with E-state index >= 15 is 0 Å². The summed E-state index contributed by atoms with van der Waals surface area (Å²) in [7, 11) is 3.79. The number of nitrogens with zero attached hydrogens (tertiary/aromatic N) is 2. The van der Waals surface area contributed by atoms with E-state index in [4.69, 9.17) is 14.4 Å². The highest BCUT2D eigenvalue weighted by atomic mass is 16.7. The van der Waals surface area contributed by atoms with E-state index in [1.165, 1.54) is 37.8 Å². The van der Waals surface area contributed by atoms with Crippen molar-refractivity contribution in [2.75, 3.05) is 14.1 Å². The fourth-order valence-electron chi connectivity index (χ4n) is 6.11. The van der Waals surface area contributed by atoms with Crippen LogP contribution in [0.4, 0.5) is 0 Å². The van der Waals surface area contributed by atoms with Crippen molar-refractivity contribution in [1.29, 1.82) is 0 Å². The van der Waals surface area contributed by atoms with Crippen molar-refractivity contribution in [2.24, 2.45) is 28.8 Å². The van der Waals surface area contributed by atoms with Crippen LogP contribution in [0.3, 0.4) is 0 Å². The summed E-state index contributed by atoms with van der Waals surface area (Å²) in [5.74, 6) is 2.11. The Morgan fingerprint density at radius 1 is 1.00 bits per heavy atom. The fourth-order valence-corrected chi connectivity index (χ4v) is 6.11. The molecular weight excluding hydrogens is 399 g/mol. The smallest absolute Gasteiger partial charge is 0.403 e. The highest BCUT2D eigenvalue weighted by Crippen LogP contribution is 2.49. The van der Waals surface area contributed by atoms with Gasteiger partial charge in [0.25, 0.3) is 0 Å². The minimum Gasteiger partial charge on any atom is -0.403 e. The van der Waals surface area contributed by atoms with E-state index in [9.17, 15) is 4.79 Å². The lowest BCUT2D eigenvalue weighted by molar-refractivity contribution is -0.121. The fraction of sp³-hybridized carbons (Fsp3) is 0.923. The number of hydrogen-bond acceptors (Lipinski definition) is 5. The summed E-state index contributed by atoms with van der Waals surface area (Å²) >= 11 is 0. The van der Waals surface area contributed by atoms with Gasteiger partial charge in [-0.05, 0) is 77.0 Å². The molecule has 0 N–H and O–H groups in total. The van der Waals surface area contributed by atoms with Gasteiger partial charge in [0.05, 0.1) is 11.2 Å². The number of carbonyl (C=O) groups is 1. The number of ketones is 1. The predicted octanol–water partition coefficient (Wildman–Crippen LogP) is 5.98. The Hall–Kier alpha value is -0.875. The highest BCUT2D eigenvalue weighted by molar-refractivity contribution is 6.47. The predicted molar refractivity (Wildman–Crippen MR) is 133 cm³/mol. The molecule has 0 aromatic heterocycles. The zero-order chi connectivity index (χ0) is 23.7. The Morgan fingerprint density at radius 2 is 1.59 bits per heavy atom. The van der Waals surface area contributed by atoms with Crippen LogP contribution in [-0.2, 0) is 14.1 Å². The van der Waals surface area contributed by atoms with E-state index in [0.717, 1.165) is 19.3 Å². The molecule has 32 heavy (non-hydrogen) atoms. The van der Waals surface area contributed by atoms with Gasteiger partial charge in [-0.3, -0.25) is 4.79 Å². The molecule has 6 heteroatoms. The molecule has 2 saturated carbocycles. The van der Waals surface area contributed by atoms with E-state index in [0.29, 0.717) is 35.9 Å². The maximum atomic E-state index is 12.5. The summed E-state index contributed by atoms with van der Waals surface area (Å²) in [6.07, 6.45) is 9.90. The molecule has 0 radical (unpaired) electrons. The topological polar surface area (TPSA) is 51.1 Å². The molecule has 0 aromatic carbocycles. The van der Waals surface area contributed by atoms with Crippen molar-refractivity contribution in [1.82, 2.24) is 5.01 Å². The van der Waals surface area contributed by atoms with Gasteiger partial charge in [-0.1, -0.05) is 33.1 Å². The summed E-state index contributed by atoms with van der Waals surface area (Å²) in [5, 5.41) is 7.02. The Bertz CT molecular complexity index is 669. The first-order valence-electron chi connectivity index (χ1n) is 13.1. The number of hydrazone groups is 1. The molecule has 3 aliphatic rings. The molecule has 1 heterocycles. The van der Waals surface area contributed by atoms with Crippen molar-refractivity contribution < 1.29 is 14.1 Å². The lowest BCUT2D eigenvalue weighted by Gasteiger charge is -2.39. The molecule has 0 amide bonds. The Morgan fingerprint density at radius 3 is 2.12 bits per heavy atom. The largest absolute Gasteiger partial charge is 0.461 e. The average Bonchev–Trinajstić information content (AvgIpc) is 2.93. The minimum absolute atomic E-state index is 0.186. The maximum Gasteiger partial charge on any atom is 0.461 e. The minimum atomic E-state index is -0.360. The van der Waals surface area contributed by atoms with Crippen molar-refractivity contribution in [3.05, 3.63) is 0 Å². The Kier molecular flexibility index (Phi) is 8.18. The molecule has 1 saturated heterocycles. The van der Waals surface area contributed by atoms with Crippen LogP contribution in [0.25, 0.3) is 0 Å². The monoisotopic (exact) mass is 446 g/mol. The van der Waals surface area contributed by atoms with Gasteiger partial charge in [-0.25, -0.2) is 0 Å². The second-order valence-corrected chi connectivity index (χ2v) is 12.0. The molecule has 4 atom stereocenters. The van der Waals surface area contributed by atoms with Crippen LogP contribution in [0.5, 0.6) is 0 Å². The van der Waals surface area contributed by atoms with Crippen LogP contribution in [0, 0.1) is 23.7 Å². The van der Waals surface area contributed by atoms with Crippen LogP contribution in [0.15, 0.2) is 5.10 Å². The first kappa shape index (κ1) is 25.7. The summed E-state index contributed by atoms with van der Waals surface area (Å²) in [6, 6.07) is 0. The van der Waals surface area contributed by atoms with Crippen molar-refractivity contribution in [3.8, 4) is 0 Å². The Labute approximate surface area is 197 Å². The van der Waals surface area contributed by atoms with E-state index in [2.05, 4.69) is 41.5 Å². The number of carbonyl (C=O) groups excluding carboxylic acids is 1. The molecule has 182 valence electrons. The summed E-state index contributed by atoms with van der Waals surface area (Å²) < 4.78 is 13.2. The summed E-state index contributed by atoms with van der Waals surface area (Å²) in [4.78, 5) is 12.5. The first-order chi connectivity index (χ1) is 14.9. The second-order valence-electron chi connectivity index (χ2n) is 12.0. The van der Waals surface area contributed by atoms with Crippen LogP contribution >= 0.6 is 0 Å². The lowest BCUT2D eigenvalue weighted by atomic mass is 9.53. The van der Waals surface area contributed by atoms with Gasteiger partial charge in [0.15, 0.2) is 0 Å². The first-order valence-corrected chi connectivity index (χ1v) is 13.1. The van der Waals surface area contributed by atoms with Crippen molar-refractivity contribution in [2.45, 2.75) is 116 Å². The molecular formula is C26H47BN2O3. The third kappa shape index (κ3) is 5.60. The third-order valence-corrected chi connectivity index (χ3v) is 8.85. The quantitative estimate of drug-likeness (QED) is 0.274. The van der Waals surface area contributed by atoms with Gasteiger partial charge >= 0.3 is 7.12 Å². The molecule has 3 rings (SSSR count). The molecule has 0 spiro atoms. The summed E-state index contributed by atoms with van der Waals surface area (Å²) in [6.45, 7) is 13.2. The van der Waals surface area contributed by atoms with Crippen LogP contribution in [-0.4, -0.2) is 48.9 Å². The number of Topliss-reactive ketones (excluding diaryl/α,β-unsaturated/α-hetero) is 1. The number of rotatable bonds is 7. The highest BCUT2D eigenvalue weighted by Gasteiger charge is 2.57. The van der Waals surface area contributed by atoms with Gasteiger partial charge in [0, 0.05) is 38.5 Å². The van der Waals surface area contributed by atoms with E-state index < -0.39 is 0 Å². The van der Waals surface area contributed by atoms with E-state index in [1.54, 1.807) is 0 Å². The van der Waals surface area contributed by atoms with Gasteiger partial charge in [0.2, 0.25) is 0 Å². The van der Waals surface area contributed by atoms with Crippen molar-refractivity contribution >= 4 is 18.6 Å². The summed E-state index contributed by atoms with van der Waals surface area (Å²) in [5.41, 5.74) is 0.619. The van der Waals surface area contributed by atoms with Gasteiger partial charge < -0.3 is 14.3 Å². The van der Waals surface area contributed by atoms with Gasteiger partial charge in [-0.15, -0.1) is 0 Å². The van der Waals surface area contributed by atoms with Crippen LogP contribution in [0.2, 0.25) is 5.82 Å². The molecule has 1 aliphatic heterocycles. The van der Waals surface area contributed by atoms with Gasteiger partial charge in [-0.2, -0.15) is 5.10 Å². The zero-order valence-corrected chi connectivity index (χ0v) is 21.9. The van der Waals surface area contributed by atoms with Gasteiger partial charge in [0.1, 0.15) is 5.78 Å². The Balaban J connectivity index is 1.91. The molecule has 0 aromatic rings. The zero-order valence-electron chi connectivity index (χ0n) is 21.9. The second kappa shape index (κ2) is 10.2. The molecule has 2 aliphatic carbocycles. The maximum absolute atomic E-state index is 12.5. The molecule has 0 unspecified atom stereocenters. The van der Waals surface area contributed by atoms with E-state index in [1.807, 2.05) is 19.1 Å². The third-order valence-electron chi connectivity index (χ3n) is 8.85. The van der Waals surface area contributed by atoms with Crippen LogP contribution < -0.4 is 0 Å². The molecule has 0 bridgehead atoms. The molecule has 3 fully saturated rings. The SMILES string of the molecule is C[C@H]([C@@H](B1OC(C)(C)C(C)(C)O1)[C@H]1CCCC(=O)C1)[C@@H](C)/C(=N/N(C)C)C1CCCCC1. The standard InChI is InChI=1S/C26H47BN2O3/c1-18(19(2)24(28-29(7)8)20-13-10-9-11-14-20)23(21-15-12-16-22(30)17-21)27-31-25(3,4)26(5,6)32-27/h18-21,23H,9-17H2,1-8H3/b28-24-/t18-,19+,21-,23+/m0/s1.